The molecule has 2 aromatic rings. The summed E-state index contributed by atoms with van der Waals surface area (Å²) in [5.74, 6) is -1.57. The molecule has 1 fully saturated rings. The summed E-state index contributed by atoms with van der Waals surface area (Å²) in [6, 6.07) is 7.02. The number of benzene rings is 2. The molecule has 1 aliphatic heterocycles. The van der Waals surface area contributed by atoms with Crippen molar-refractivity contribution in [2.45, 2.75) is 23.9 Å². The third-order valence-electron chi connectivity index (χ3n) is 4.81. The van der Waals surface area contributed by atoms with E-state index >= 15 is 0 Å². The van der Waals surface area contributed by atoms with Gasteiger partial charge in [-0.15, -0.1) is 0 Å². The molecule has 1 atom stereocenters. The number of rotatable bonds is 4. The highest BCUT2D eigenvalue weighted by Gasteiger charge is 2.37. The number of halogens is 6. The zero-order valence-corrected chi connectivity index (χ0v) is 18.8. The zero-order valence-electron chi connectivity index (χ0n) is 15.7. The molecule has 31 heavy (non-hydrogen) atoms. The minimum absolute atomic E-state index is 0.0213. The SMILES string of the molecule is O=C(Nc1ccc(Cl)cc1C(F)(F)F)[C@@H]1CCCN(S(=O)(=O)c2cc(Cl)ccc2Cl)C1. The molecular formula is C19H16Cl3F3N2O3S. The molecule has 0 unspecified atom stereocenters. The highest BCUT2D eigenvalue weighted by molar-refractivity contribution is 7.89. The van der Waals surface area contributed by atoms with Crippen molar-refractivity contribution in [3.05, 3.63) is 57.0 Å². The second kappa shape index (κ2) is 9.15. The third-order valence-corrected chi connectivity index (χ3v) is 7.63. The van der Waals surface area contributed by atoms with E-state index in [1.165, 1.54) is 24.3 Å². The fourth-order valence-electron chi connectivity index (χ4n) is 3.28. The Labute approximate surface area is 192 Å². The minimum Gasteiger partial charge on any atom is -0.325 e. The average molecular weight is 516 g/mol. The molecule has 3 rings (SSSR count). The molecule has 0 aliphatic carbocycles. The maximum Gasteiger partial charge on any atom is 0.418 e. The summed E-state index contributed by atoms with van der Waals surface area (Å²) in [6.07, 6.45) is -4.06. The molecule has 1 saturated heterocycles. The van der Waals surface area contributed by atoms with Gasteiger partial charge in [0.1, 0.15) is 4.90 Å². The van der Waals surface area contributed by atoms with Crippen LogP contribution in [0.25, 0.3) is 0 Å². The molecule has 5 nitrogen and oxygen atoms in total. The Morgan fingerprint density at radius 1 is 1.06 bits per heavy atom. The highest BCUT2D eigenvalue weighted by atomic mass is 35.5. The number of carbonyl (C=O) groups excluding carboxylic acids is 1. The van der Waals surface area contributed by atoms with Gasteiger partial charge in [0.15, 0.2) is 0 Å². The fourth-order valence-corrected chi connectivity index (χ4v) is 5.72. The van der Waals surface area contributed by atoms with Crippen LogP contribution in [-0.4, -0.2) is 31.7 Å². The zero-order chi connectivity index (χ0) is 23.0. The number of hydrogen-bond acceptors (Lipinski definition) is 3. The minimum atomic E-state index is -4.72. The van der Waals surface area contributed by atoms with Crippen molar-refractivity contribution in [3.63, 3.8) is 0 Å². The topological polar surface area (TPSA) is 66.5 Å². The van der Waals surface area contributed by atoms with Gasteiger partial charge < -0.3 is 5.32 Å². The van der Waals surface area contributed by atoms with Gasteiger partial charge in [0.2, 0.25) is 15.9 Å². The maximum atomic E-state index is 13.3. The molecule has 0 bridgehead atoms. The Balaban J connectivity index is 1.81. The Hall–Kier alpha value is -1.52. The molecule has 12 heteroatoms. The van der Waals surface area contributed by atoms with Gasteiger partial charge in [-0.05, 0) is 49.2 Å². The van der Waals surface area contributed by atoms with Gasteiger partial charge in [-0.3, -0.25) is 4.79 Å². The number of hydrogen-bond donors (Lipinski definition) is 1. The van der Waals surface area contributed by atoms with Crippen molar-refractivity contribution in [3.8, 4) is 0 Å². The first-order valence-electron chi connectivity index (χ1n) is 9.02. The van der Waals surface area contributed by atoms with Crippen molar-refractivity contribution >= 4 is 56.4 Å². The number of sulfonamides is 1. The van der Waals surface area contributed by atoms with E-state index in [2.05, 4.69) is 5.32 Å². The summed E-state index contributed by atoms with van der Waals surface area (Å²) in [6.45, 7) is -0.0599. The number of nitrogens with zero attached hydrogens (tertiary/aromatic N) is 1. The summed E-state index contributed by atoms with van der Waals surface area (Å²) < 4.78 is 66.9. The molecule has 0 aromatic heterocycles. The molecule has 168 valence electrons. The smallest absolute Gasteiger partial charge is 0.325 e. The lowest BCUT2D eigenvalue weighted by Crippen LogP contribution is -2.43. The first kappa shape index (κ1) is 24.1. The molecule has 2 aromatic carbocycles. The number of amides is 1. The fraction of sp³-hybridized carbons (Fsp3) is 0.316. The van der Waals surface area contributed by atoms with Gasteiger partial charge in [-0.1, -0.05) is 34.8 Å². The van der Waals surface area contributed by atoms with E-state index in [1.807, 2.05) is 0 Å². The Kier molecular flexibility index (Phi) is 7.12. The second-order valence-electron chi connectivity index (χ2n) is 6.95. The number of anilines is 1. The van der Waals surface area contributed by atoms with E-state index in [4.69, 9.17) is 34.8 Å². The summed E-state index contributed by atoms with van der Waals surface area (Å²) >= 11 is 17.6. The van der Waals surface area contributed by atoms with Crippen LogP contribution in [0.1, 0.15) is 18.4 Å². The van der Waals surface area contributed by atoms with Crippen molar-refractivity contribution in [2.75, 3.05) is 18.4 Å². The third kappa shape index (κ3) is 5.46. The van der Waals surface area contributed by atoms with Gasteiger partial charge >= 0.3 is 6.18 Å². The Bertz CT molecular complexity index is 1110. The molecule has 1 aliphatic rings. The van der Waals surface area contributed by atoms with E-state index in [1.54, 1.807) is 0 Å². The molecular weight excluding hydrogens is 500 g/mol. The van der Waals surface area contributed by atoms with Crippen LogP contribution in [0.5, 0.6) is 0 Å². The number of piperidine rings is 1. The van der Waals surface area contributed by atoms with Crippen molar-refractivity contribution in [2.24, 2.45) is 5.92 Å². The van der Waals surface area contributed by atoms with E-state index < -0.39 is 39.3 Å². The van der Waals surface area contributed by atoms with Crippen molar-refractivity contribution in [1.82, 2.24) is 4.31 Å². The average Bonchev–Trinajstić information content (AvgIpc) is 2.70. The standard InChI is InChI=1S/C19H16Cl3F3N2O3S/c20-12-4-6-16(14(8-12)19(23,24)25)26-18(28)11-2-1-7-27(10-11)31(29,30)17-9-13(21)3-5-15(17)22/h3-6,8-9,11H,1-2,7,10H2,(H,26,28)/t11-/m1/s1. The molecule has 1 N–H and O–H groups in total. The lowest BCUT2D eigenvalue weighted by molar-refractivity contribution is -0.137. The van der Waals surface area contributed by atoms with Crippen LogP contribution in [0.2, 0.25) is 15.1 Å². The highest BCUT2D eigenvalue weighted by Crippen LogP contribution is 2.37. The van der Waals surface area contributed by atoms with Gasteiger partial charge in [-0.2, -0.15) is 17.5 Å². The van der Waals surface area contributed by atoms with Gasteiger partial charge in [-0.25, -0.2) is 8.42 Å². The van der Waals surface area contributed by atoms with Crippen LogP contribution < -0.4 is 5.32 Å². The van der Waals surface area contributed by atoms with E-state index in [-0.39, 0.29) is 33.1 Å². The largest absolute Gasteiger partial charge is 0.418 e. The van der Waals surface area contributed by atoms with Gasteiger partial charge in [0.25, 0.3) is 0 Å². The summed E-state index contributed by atoms with van der Waals surface area (Å²) in [7, 11) is -4.05. The predicted octanol–water partition coefficient (Wildman–Crippen LogP) is 5.71. The van der Waals surface area contributed by atoms with Gasteiger partial charge in [0, 0.05) is 23.1 Å². The quantitative estimate of drug-likeness (QED) is 0.568. The number of nitrogens with one attached hydrogen (secondary N) is 1. The summed E-state index contributed by atoms with van der Waals surface area (Å²) in [4.78, 5) is 12.5. The van der Waals surface area contributed by atoms with E-state index in [9.17, 15) is 26.4 Å². The molecule has 1 heterocycles. The van der Waals surface area contributed by atoms with Crippen molar-refractivity contribution < 1.29 is 26.4 Å². The van der Waals surface area contributed by atoms with E-state index in [0.717, 1.165) is 16.4 Å². The molecule has 0 spiro atoms. The predicted molar refractivity (Wildman–Crippen MR) is 113 cm³/mol. The normalized spacial score (nSPS) is 18.1. The Morgan fingerprint density at radius 2 is 1.71 bits per heavy atom. The van der Waals surface area contributed by atoms with Crippen molar-refractivity contribution in [1.29, 1.82) is 0 Å². The molecule has 1 amide bonds. The Morgan fingerprint density at radius 3 is 2.39 bits per heavy atom. The monoisotopic (exact) mass is 514 g/mol. The van der Waals surface area contributed by atoms with Crippen LogP contribution in [0.15, 0.2) is 41.3 Å². The van der Waals surface area contributed by atoms with Crippen LogP contribution in [0.4, 0.5) is 18.9 Å². The van der Waals surface area contributed by atoms with E-state index in [0.29, 0.717) is 12.8 Å². The number of alkyl halides is 3. The summed E-state index contributed by atoms with van der Waals surface area (Å²) in [5.41, 5.74) is -1.53. The lowest BCUT2D eigenvalue weighted by Gasteiger charge is -2.31. The first-order valence-corrected chi connectivity index (χ1v) is 11.6. The second-order valence-corrected chi connectivity index (χ2v) is 10.1. The number of carbonyl (C=O) groups is 1. The van der Waals surface area contributed by atoms with Gasteiger partial charge in [0.05, 0.1) is 22.2 Å². The van der Waals surface area contributed by atoms with Crippen LogP contribution in [-0.2, 0) is 21.0 Å². The molecule has 0 radical (unpaired) electrons. The first-order chi connectivity index (χ1) is 14.4. The maximum absolute atomic E-state index is 13.3. The van der Waals surface area contributed by atoms with Crippen LogP contribution in [0, 0.1) is 5.92 Å². The lowest BCUT2D eigenvalue weighted by atomic mass is 9.98. The van der Waals surface area contributed by atoms with Crippen LogP contribution in [0.3, 0.4) is 0 Å². The summed E-state index contributed by atoms with van der Waals surface area (Å²) in [5, 5.41) is 2.29. The molecule has 0 saturated carbocycles. The van der Waals surface area contributed by atoms with Crippen LogP contribution >= 0.6 is 34.8 Å².